The Kier molecular flexibility index (Phi) is 6.92. The first-order valence-electron chi connectivity index (χ1n) is 11.5. The fourth-order valence-electron chi connectivity index (χ4n) is 4.15. The Balaban J connectivity index is 1.58. The molecule has 0 spiro atoms. The molecule has 0 radical (unpaired) electrons. The van der Waals surface area contributed by atoms with Gasteiger partial charge in [0.15, 0.2) is 9.84 Å². The summed E-state index contributed by atoms with van der Waals surface area (Å²) in [5, 5.41) is 6.48. The number of hydrazine groups is 1. The number of carbonyl (C=O) groups is 1. The number of hydrogen-bond acceptors (Lipinski definition) is 6. The number of fused-ring (bicyclic) bond motifs is 1. The third kappa shape index (κ3) is 5.56. The number of benzene rings is 3. The van der Waals surface area contributed by atoms with Crippen molar-refractivity contribution < 1.29 is 22.3 Å². The first-order valence-corrected chi connectivity index (χ1v) is 13.7. The molecule has 194 valence electrons. The molecule has 0 aliphatic carbocycles. The van der Waals surface area contributed by atoms with Crippen LogP contribution >= 0.6 is 11.6 Å². The molecule has 0 saturated carbocycles. The van der Waals surface area contributed by atoms with E-state index in [0.29, 0.717) is 33.2 Å². The van der Waals surface area contributed by atoms with Crippen LogP contribution in [0, 0.1) is 5.82 Å². The number of aromatic nitrogens is 2. The van der Waals surface area contributed by atoms with Crippen molar-refractivity contribution in [1.82, 2.24) is 15.2 Å². The van der Waals surface area contributed by atoms with Crippen LogP contribution in [0.4, 0.5) is 14.9 Å². The number of amides is 1. The molecule has 3 aromatic carbocycles. The molecule has 0 saturated heterocycles. The van der Waals surface area contributed by atoms with Crippen LogP contribution in [0.3, 0.4) is 0 Å². The molecule has 0 bridgehead atoms. The Hall–Kier alpha value is -4.15. The van der Waals surface area contributed by atoms with Gasteiger partial charge in [-0.2, -0.15) is 0 Å². The second-order valence-corrected chi connectivity index (χ2v) is 11.2. The third-order valence-corrected chi connectivity index (χ3v) is 7.60. The monoisotopic (exact) mass is 552 g/mol. The van der Waals surface area contributed by atoms with Crippen molar-refractivity contribution in [2.24, 2.45) is 0 Å². The summed E-state index contributed by atoms with van der Waals surface area (Å²) < 4.78 is 46.4. The summed E-state index contributed by atoms with van der Waals surface area (Å²) in [6, 6.07) is 21.6. The zero-order valence-electron chi connectivity index (χ0n) is 20.1. The Morgan fingerprint density at radius 2 is 1.74 bits per heavy atom. The number of carbonyl (C=O) groups excluding carboxylic acids is 1. The van der Waals surface area contributed by atoms with Crippen molar-refractivity contribution >= 4 is 44.9 Å². The minimum Gasteiger partial charge on any atom is -0.388 e. The van der Waals surface area contributed by atoms with Gasteiger partial charge in [0, 0.05) is 12.1 Å². The number of ether oxygens (including phenoxy) is 1. The fraction of sp³-hybridized carbons (Fsp3) is 0.111. The van der Waals surface area contributed by atoms with E-state index in [-0.39, 0.29) is 22.9 Å². The van der Waals surface area contributed by atoms with Gasteiger partial charge in [-0.1, -0.05) is 41.9 Å². The van der Waals surface area contributed by atoms with E-state index in [0.717, 1.165) is 0 Å². The molecule has 0 atom stereocenters. The van der Waals surface area contributed by atoms with E-state index in [1.54, 1.807) is 61.7 Å². The van der Waals surface area contributed by atoms with Crippen LogP contribution in [-0.2, 0) is 15.6 Å². The van der Waals surface area contributed by atoms with Gasteiger partial charge in [0.25, 0.3) is 0 Å². The maximum absolute atomic E-state index is 13.5. The molecule has 38 heavy (non-hydrogen) atoms. The molecular weight excluding hydrogens is 531 g/mol. The van der Waals surface area contributed by atoms with E-state index in [4.69, 9.17) is 16.3 Å². The standard InChI is InChI=1S/C27H22ClFN4O4S/c1-32(22-5-3-2-4-6-22)31-27(34)37-26-24-17-38(35,36)16-19(15-18-7-11-21(29)12-8-18)25(24)33(30-26)23-13-9-20(28)10-14-23/h2-15H,16-17H2,1H3,(H,31,34)/b19-15+. The van der Waals surface area contributed by atoms with Crippen LogP contribution in [-0.4, -0.2) is 37.1 Å². The number of sulfone groups is 1. The third-order valence-electron chi connectivity index (χ3n) is 5.86. The van der Waals surface area contributed by atoms with Crippen molar-refractivity contribution in [2.45, 2.75) is 5.75 Å². The lowest BCUT2D eigenvalue weighted by Crippen LogP contribution is -2.41. The number of nitrogens with zero attached hydrogens (tertiary/aromatic N) is 3. The van der Waals surface area contributed by atoms with Crippen molar-refractivity contribution in [3.05, 3.63) is 107 Å². The van der Waals surface area contributed by atoms with E-state index in [1.165, 1.54) is 21.8 Å². The molecule has 0 fully saturated rings. The minimum absolute atomic E-state index is 0.137. The SMILES string of the molecule is CN(NC(=O)Oc1nn(-c2ccc(Cl)cc2)c2c1CS(=O)(=O)C/C2=C\c1ccc(F)cc1)c1ccccc1. The Bertz CT molecular complexity index is 1620. The van der Waals surface area contributed by atoms with Crippen LogP contribution in [0.25, 0.3) is 17.3 Å². The summed E-state index contributed by atoms with van der Waals surface area (Å²) in [6.07, 6.45) is 0.822. The van der Waals surface area contributed by atoms with E-state index in [2.05, 4.69) is 10.5 Å². The second-order valence-electron chi connectivity index (χ2n) is 8.67. The molecule has 1 amide bonds. The first-order chi connectivity index (χ1) is 18.2. The number of halogens is 2. The molecule has 11 heteroatoms. The van der Waals surface area contributed by atoms with E-state index in [1.807, 2.05) is 18.2 Å². The average molecular weight is 553 g/mol. The fourth-order valence-corrected chi connectivity index (χ4v) is 5.77. The number of rotatable bonds is 5. The van der Waals surface area contributed by atoms with Crippen LogP contribution in [0.2, 0.25) is 5.02 Å². The minimum atomic E-state index is -3.61. The first kappa shape index (κ1) is 25.5. The summed E-state index contributed by atoms with van der Waals surface area (Å²) in [5.41, 5.74) is 5.66. The molecule has 1 aliphatic rings. The quantitative estimate of drug-likeness (QED) is 0.339. The lowest BCUT2D eigenvalue weighted by Gasteiger charge is -2.20. The maximum atomic E-state index is 13.5. The Labute approximate surface area is 223 Å². The number of nitrogens with one attached hydrogen (secondary N) is 1. The molecule has 2 heterocycles. The van der Waals surface area contributed by atoms with Crippen molar-refractivity contribution in [3.8, 4) is 11.6 Å². The number of anilines is 1. The topological polar surface area (TPSA) is 93.5 Å². The Morgan fingerprint density at radius 1 is 1.05 bits per heavy atom. The smallest absolute Gasteiger partial charge is 0.388 e. The van der Waals surface area contributed by atoms with Gasteiger partial charge in [0.1, 0.15) is 5.82 Å². The zero-order valence-corrected chi connectivity index (χ0v) is 21.7. The highest BCUT2D eigenvalue weighted by Gasteiger charge is 2.34. The summed E-state index contributed by atoms with van der Waals surface area (Å²) in [4.78, 5) is 12.8. The number of hydrogen-bond donors (Lipinski definition) is 1. The van der Waals surface area contributed by atoms with Gasteiger partial charge in [-0.15, -0.1) is 5.10 Å². The van der Waals surface area contributed by atoms with Gasteiger partial charge in [-0.25, -0.2) is 27.7 Å². The molecule has 5 rings (SSSR count). The molecular formula is C27H22ClFN4O4S. The largest absolute Gasteiger partial charge is 0.432 e. The highest BCUT2D eigenvalue weighted by Crippen LogP contribution is 2.38. The average Bonchev–Trinajstić information content (AvgIpc) is 3.23. The van der Waals surface area contributed by atoms with Crippen molar-refractivity contribution in [1.29, 1.82) is 0 Å². The summed E-state index contributed by atoms with van der Waals surface area (Å²) >= 11 is 6.07. The predicted octanol–water partition coefficient (Wildman–Crippen LogP) is 5.27. The van der Waals surface area contributed by atoms with Crippen LogP contribution in [0.5, 0.6) is 5.88 Å². The highest BCUT2D eigenvalue weighted by molar-refractivity contribution is 7.91. The van der Waals surface area contributed by atoms with Gasteiger partial charge < -0.3 is 4.74 Å². The van der Waals surface area contributed by atoms with Crippen LogP contribution in [0.1, 0.15) is 16.8 Å². The highest BCUT2D eigenvalue weighted by atomic mass is 35.5. The van der Waals surface area contributed by atoms with Gasteiger partial charge in [0.05, 0.1) is 34.1 Å². The normalized spacial score (nSPS) is 15.1. The van der Waals surface area contributed by atoms with Gasteiger partial charge in [-0.3, -0.25) is 5.01 Å². The molecule has 0 unspecified atom stereocenters. The second kappa shape index (κ2) is 10.3. The van der Waals surface area contributed by atoms with E-state index in [9.17, 15) is 17.6 Å². The van der Waals surface area contributed by atoms with Crippen molar-refractivity contribution in [2.75, 3.05) is 17.8 Å². The molecule has 1 N–H and O–H groups in total. The molecule has 1 aromatic heterocycles. The maximum Gasteiger partial charge on any atom is 0.432 e. The van der Waals surface area contributed by atoms with Crippen LogP contribution < -0.4 is 15.2 Å². The van der Waals surface area contributed by atoms with Gasteiger partial charge in [0.2, 0.25) is 5.88 Å². The lowest BCUT2D eigenvalue weighted by atomic mass is 10.1. The predicted molar refractivity (Wildman–Crippen MR) is 144 cm³/mol. The summed E-state index contributed by atoms with van der Waals surface area (Å²) in [7, 11) is -1.97. The van der Waals surface area contributed by atoms with Crippen molar-refractivity contribution in [3.63, 3.8) is 0 Å². The number of para-hydroxylation sites is 1. The van der Waals surface area contributed by atoms with Gasteiger partial charge in [-0.05, 0) is 65.7 Å². The Morgan fingerprint density at radius 3 is 2.42 bits per heavy atom. The summed E-state index contributed by atoms with van der Waals surface area (Å²) in [6.45, 7) is 0. The van der Waals surface area contributed by atoms with E-state index < -0.39 is 21.7 Å². The van der Waals surface area contributed by atoms with Gasteiger partial charge >= 0.3 is 6.09 Å². The van der Waals surface area contributed by atoms with Crippen LogP contribution in [0.15, 0.2) is 78.9 Å². The summed E-state index contributed by atoms with van der Waals surface area (Å²) in [5.74, 6) is -1.17. The zero-order chi connectivity index (χ0) is 26.9. The molecule has 1 aliphatic heterocycles. The molecule has 4 aromatic rings. The van der Waals surface area contributed by atoms with E-state index >= 15 is 0 Å². The molecule has 8 nitrogen and oxygen atoms in total. The lowest BCUT2D eigenvalue weighted by molar-refractivity contribution is 0.197.